The number of hydrogen-bond donors (Lipinski definition) is 3. The first kappa shape index (κ1) is 18.7. The maximum atomic E-state index is 11.7. The molecule has 2 unspecified atom stereocenters. The molecule has 2 amide bonds. The van der Waals surface area contributed by atoms with Gasteiger partial charge in [-0.05, 0) is 32.1 Å². The van der Waals surface area contributed by atoms with Crippen LogP contribution in [0.4, 0.5) is 4.79 Å². The van der Waals surface area contributed by atoms with Crippen molar-refractivity contribution in [2.45, 2.75) is 71.8 Å². The van der Waals surface area contributed by atoms with Crippen molar-refractivity contribution in [1.29, 1.82) is 0 Å². The van der Waals surface area contributed by atoms with Gasteiger partial charge in [-0.3, -0.25) is 4.79 Å². The highest BCUT2D eigenvalue weighted by Gasteiger charge is 2.10. The van der Waals surface area contributed by atoms with Gasteiger partial charge in [0.1, 0.15) is 0 Å². The average molecular weight is 286 g/mol. The summed E-state index contributed by atoms with van der Waals surface area (Å²) in [6.45, 7) is 6.93. The van der Waals surface area contributed by atoms with Crippen molar-refractivity contribution < 1.29 is 14.7 Å². The predicted octanol–water partition coefficient (Wildman–Crippen LogP) is 3.15. The molecule has 0 bridgehead atoms. The zero-order valence-corrected chi connectivity index (χ0v) is 13.1. The van der Waals surface area contributed by atoms with Crippen molar-refractivity contribution in [3.05, 3.63) is 0 Å². The molecule has 0 aromatic rings. The number of carbonyl (C=O) groups excluding carboxylic acids is 1. The number of amides is 2. The maximum absolute atomic E-state index is 11.7. The van der Waals surface area contributed by atoms with E-state index in [1.807, 2.05) is 6.92 Å². The summed E-state index contributed by atoms with van der Waals surface area (Å²) in [5.74, 6) is -0.244. The zero-order valence-electron chi connectivity index (χ0n) is 13.1. The number of aliphatic carboxylic acids is 1. The van der Waals surface area contributed by atoms with Crippen LogP contribution in [-0.2, 0) is 4.79 Å². The van der Waals surface area contributed by atoms with Crippen molar-refractivity contribution in [2.24, 2.45) is 5.92 Å². The van der Waals surface area contributed by atoms with Gasteiger partial charge in [-0.1, -0.05) is 33.1 Å². The lowest BCUT2D eigenvalue weighted by Gasteiger charge is -2.18. The molecule has 118 valence electrons. The number of carbonyl (C=O) groups is 2. The number of urea groups is 1. The lowest BCUT2D eigenvalue weighted by atomic mass is 9.99. The van der Waals surface area contributed by atoms with E-state index < -0.39 is 5.97 Å². The molecule has 0 aliphatic heterocycles. The number of rotatable bonds is 11. The standard InChI is InChI=1S/C15H30N2O3/c1-4-6-9-13(5-2)11-16-15(20)17-12(3)8-7-10-14(18)19/h12-13H,4-11H2,1-3H3,(H,18,19)(H2,16,17,20). The third-order valence-electron chi connectivity index (χ3n) is 3.50. The third-order valence-corrected chi connectivity index (χ3v) is 3.50. The van der Waals surface area contributed by atoms with Crippen molar-refractivity contribution >= 4 is 12.0 Å². The molecule has 0 aromatic heterocycles. The summed E-state index contributed by atoms with van der Waals surface area (Å²) in [7, 11) is 0. The van der Waals surface area contributed by atoms with Crippen molar-refractivity contribution in [3.63, 3.8) is 0 Å². The Morgan fingerprint density at radius 3 is 2.40 bits per heavy atom. The molecule has 0 spiro atoms. The Labute approximate surface area is 122 Å². The van der Waals surface area contributed by atoms with Gasteiger partial charge in [0.15, 0.2) is 0 Å². The Hall–Kier alpha value is -1.26. The summed E-state index contributed by atoms with van der Waals surface area (Å²) in [5.41, 5.74) is 0. The van der Waals surface area contributed by atoms with E-state index in [9.17, 15) is 9.59 Å². The first-order valence-corrected chi connectivity index (χ1v) is 7.75. The lowest BCUT2D eigenvalue weighted by Crippen LogP contribution is -2.42. The van der Waals surface area contributed by atoms with Crippen molar-refractivity contribution in [2.75, 3.05) is 6.54 Å². The van der Waals surface area contributed by atoms with Gasteiger partial charge in [-0.25, -0.2) is 4.79 Å². The third kappa shape index (κ3) is 10.6. The highest BCUT2D eigenvalue weighted by molar-refractivity contribution is 5.74. The predicted molar refractivity (Wildman–Crippen MR) is 80.8 cm³/mol. The van der Waals surface area contributed by atoms with E-state index in [4.69, 9.17) is 5.11 Å². The van der Waals surface area contributed by atoms with Crippen LogP contribution >= 0.6 is 0 Å². The van der Waals surface area contributed by atoms with Crippen LogP contribution in [0.25, 0.3) is 0 Å². The van der Waals surface area contributed by atoms with E-state index in [1.54, 1.807) is 0 Å². The van der Waals surface area contributed by atoms with Crippen molar-refractivity contribution in [3.8, 4) is 0 Å². The van der Waals surface area contributed by atoms with E-state index in [2.05, 4.69) is 24.5 Å². The van der Waals surface area contributed by atoms with E-state index in [0.29, 0.717) is 25.3 Å². The summed E-state index contributed by atoms with van der Waals surface area (Å²) < 4.78 is 0. The van der Waals surface area contributed by atoms with E-state index in [1.165, 1.54) is 12.8 Å². The lowest BCUT2D eigenvalue weighted by molar-refractivity contribution is -0.137. The minimum absolute atomic E-state index is 0.00469. The Kier molecular flexibility index (Phi) is 10.8. The van der Waals surface area contributed by atoms with Crippen molar-refractivity contribution in [1.82, 2.24) is 10.6 Å². The van der Waals surface area contributed by atoms with Crippen LogP contribution in [0.3, 0.4) is 0 Å². The van der Waals surface area contributed by atoms with Crippen LogP contribution in [0.5, 0.6) is 0 Å². The molecule has 0 radical (unpaired) electrons. The molecule has 0 rings (SSSR count). The molecule has 0 saturated heterocycles. The van der Waals surface area contributed by atoms with Gasteiger partial charge in [0.25, 0.3) is 0 Å². The fourth-order valence-electron chi connectivity index (χ4n) is 2.09. The minimum Gasteiger partial charge on any atom is -0.481 e. The molecule has 5 heteroatoms. The highest BCUT2D eigenvalue weighted by Crippen LogP contribution is 2.11. The highest BCUT2D eigenvalue weighted by atomic mass is 16.4. The van der Waals surface area contributed by atoms with Crippen LogP contribution in [-0.4, -0.2) is 29.7 Å². The number of unbranched alkanes of at least 4 members (excludes halogenated alkanes) is 1. The Bertz CT molecular complexity index is 282. The van der Waals surface area contributed by atoms with Crippen LogP contribution in [0, 0.1) is 5.92 Å². The molecule has 5 nitrogen and oxygen atoms in total. The zero-order chi connectivity index (χ0) is 15.4. The minimum atomic E-state index is -0.789. The number of nitrogens with one attached hydrogen (secondary N) is 2. The van der Waals surface area contributed by atoms with Gasteiger partial charge in [0.05, 0.1) is 0 Å². The second-order valence-corrected chi connectivity index (χ2v) is 5.46. The molecule has 0 aliphatic rings. The summed E-state index contributed by atoms with van der Waals surface area (Å²) in [6, 6.07) is -0.146. The summed E-state index contributed by atoms with van der Waals surface area (Å²) in [4.78, 5) is 22.1. The van der Waals surface area contributed by atoms with Crippen LogP contribution < -0.4 is 10.6 Å². The molecule has 3 N–H and O–H groups in total. The monoisotopic (exact) mass is 286 g/mol. The van der Waals surface area contributed by atoms with Gasteiger partial charge in [-0.2, -0.15) is 0 Å². The molecule has 2 atom stereocenters. The molecule has 0 heterocycles. The number of carboxylic acids is 1. The SMILES string of the molecule is CCCCC(CC)CNC(=O)NC(C)CCCC(=O)O. The fraction of sp³-hybridized carbons (Fsp3) is 0.867. The van der Waals surface area contributed by atoms with Gasteiger partial charge < -0.3 is 15.7 Å². The molecular weight excluding hydrogens is 256 g/mol. The fourth-order valence-corrected chi connectivity index (χ4v) is 2.09. The Balaban J connectivity index is 3.77. The quantitative estimate of drug-likeness (QED) is 0.546. The van der Waals surface area contributed by atoms with E-state index in [-0.39, 0.29) is 18.5 Å². The van der Waals surface area contributed by atoms with Crippen LogP contribution in [0.15, 0.2) is 0 Å². The van der Waals surface area contributed by atoms with Gasteiger partial charge >= 0.3 is 12.0 Å². The van der Waals surface area contributed by atoms with Gasteiger partial charge in [0.2, 0.25) is 0 Å². The topological polar surface area (TPSA) is 78.4 Å². The average Bonchev–Trinajstić information content (AvgIpc) is 2.38. The van der Waals surface area contributed by atoms with E-state index >= 15 is 0 Å². The number of carboxylic acid groups (broad SMARTS) is 1. The van der Waals surface area contributed by atoms with Gasteiger partial charge in [0, 0.05) is 19.0 Å². The van der Waals surface area contributed by atoms with E-state index in [0.717, 1.165) is 12.8 Å². The maximum Gasteiger partial charge on any atom is 0.315 e. The van der Waals surface area contributed by atoms with Crippen LogP contribution in [0.2, 0.25) is 0 Å². The first-order chi connectivity index (χ1) is 9.49. The largest absolute Gasteiger partial charge is 0.481 e. The molecular formula is C15H30N2O3. The second-order valence-electron chi connectivity index (χ2n) is 5.46. The molecule has 20 heavy (non-hydrogen) atoms. The first-order valence-electron chi connectivity index (χ1n) is 7.75. The second kappa shape index (κ2) is 11.6. The summed E-state index contributed by atoms with van der Waals surface area (Å²) >= 11 is 0. The van der Waals surface area contributed by atoms with Crippen LogP contribution in [0.1, 0.15) is 65.7 Å². The Morgan fingerprint density at radius 2 is 1.85 bits per heavy atom. The molecule has 0 aliphatic carbocycles. The molecule has 0 aromatic carbocycles. The number of hydrogen-bond acceptors (Lipinski definition) is 2. The smallest absolute Gasteiger partial charge is 0.315 e. The molecule has 0 fully saturated rings. The normalized spacial score (nSPS) is 13.6. The molecule has 0 saturated carbocycles. The summed E-state index contributed by atoms with van der Waals surface area (Å²) in [6.07, 6.45) is 6.05. The Morgan fingerprint density at radius 1 is 1.15 bits per heavy atom. The van der Waals surface area contributed by atoms with Gasteiger partial charge in [-0.15, -0.1) is 0 Å². The summed E-state index contributed by atoms with van der Waals surface area (Å²) in [5, 5.41) is 14.3.